The molecule has 0 aromatic carbocycles. The predicted octanol–water partition coefficient (Wildman–Crippen LogP) is 2.67. The highest BCUT2D eigenvalue weighted by molar-refractivity contribution is 7.99. The summed E-state index contributed by atoms with van der Waals surface area (Å²) in [7, 11) is 0. The maximum atomic E-state index is 12.7. The smallest absolute Gasteiger partial charge is 0.342 e. The van der Waals surface area contributed by atoms with Crippen LogP contribution in [0.1, 0.15) is 48.9 Å². The number of carbonyl (C=O) groups is 1. The highest BCUT2D eigenvalue weighted by Gasteiger charge is 2.23. The van der Waals surface area contributed by atoms with E-state index in [0.717, 1.165) is 67.0 Å². The van der Waals surface area contributed by atoms with Crippen LogP contribution in [0.25, 0.3) is 0 Å². The van der Waals surface area contributed by atoms with Gasteiger partial charge in [-0.05, 0) is 49.8 Å². The second-order valence-electron chi connectivity index (χ2n) is 7.50. The SMILES string of the molecule is O=C(CSc1nc(=O)n(Cc2ccncc2)c2c1CCC2)N1CCCCCC1. The quantitative estimate of drug-likeness (QED) is 0.572. The van der Waals surface area contributed by atoms with Crippen LogP contribution in [0, 0.1) is 0 Å². The molecule has 0 radical (unpaired) electrons. The largest absolute Gasteiger partial charge is 0.349 e. The molecule has 0 atom stereocenters. The minimum atomic E-state index is -0.220. The van der Waals surface area contributed by atoms with E-state index in [4.69, 9.17) is 0 Å². The molecule has 1 aliphatic carbocycles. The van der Waals surface area contributed by atoms with Crippen LogP contribution < -0.4 is 5.69 Å². The molecule has 0 spiro atoms. The highest BCUT2D eigenvalue weighted by Crippen LogP contribution is 2.29. The van der Waals surface area contributed by atoms with Gasteiger partial charge in [0.15, 0.2) is 0 Å². The summed E-state index contributed by atoms with van der Waals surface area (Å²) in [5.74, 6) is 0.536. The second-order valence-corrected chi connectivity index (χ2v) is 8.47. The minimum Gasteiger partial charge on any atom is -0.342 e. The Labute approximate surface area is 169 Å². The first-order chi connectivity index (χ1) is 13.7. The summed E-state index contributed by atoms with van der Waals surface area (Å²) in [4.78, 5) is 35.7. The predicted molar refractivity (Wildman–Crippen MR) is 110 cm³/mol. The fourth-order valence-electron chi connectivity index (χ4n) is 4.08. The van der Waals surface area contributed by atoms with Gasteiger partial charge in [0.1, 0.15) is 5.03 Å². The summed E-state index contributed by atoms with van der Waals surface area (Å²) in [6.45, 7) is 2.24. The van der Waals surface area contributed by atoms with Gasteiger partial charge in [-0.15, -0.1) is 0 Å². The van der Waals surface area contributed by atoms with Crippen LogP contribution in [-0.2, 0) is 24.2 Å². The molecule has 1 saturated heterocycles. The number of thioether (sulfide) groups is 1. The van der Waals surface area contributed by atoms with Crippen molar-refractivity contribution in [2.24, 2.45) is 0 Å². The number of hydrogen-bond acceptors (Lipinski definition) is 5. The van der Waals surface area contributed by atoms with Crippen molar-refractivity contribution in [1.82, 2.24) is 19.4 Å². The average Bonchev–Trinajstić information content (AvgIpc) is 3.04. The number of hydrogen-bond donors (Lipinski definition) is 0. The molecule has 0 bridgehead atoms. The summed E-state index contributed by atoms with van der Waals surface area (Å²) in [5, 5.41) is 0.756. The Morgan fingerprint density at radius 1 is 1.04 bits per heavy atom. The summed E-state index contributed by atoms with van der Waals surface area (Å²) >= 11 is 1.44. The Balaban J connectivity index is 1.51. The van der Waals surface area contributed by atoms with Crippen molar-refractivity contribution in [3.63, 3.8) is 0 Å². The Hall–Kier alpha value is -2.15. The molecule has 148 valence electrons. The van der Waals surface area contributed by atoms with E-state index < -0.39 is 0 Å². The van der Waals surface area contributed by atoms with Gasteiger partial charge in [-0.1, -0.05) is 24.6 Å². The number of likely N-dealkylation sites (tertiary alicyclic amines) is 1. The van der Waals surface area contributed by atoms with Crippen molar-refractivity contribution in [3.05, 3.63) is 51.8 Å². The maximum absolute atomic E-state index is 12.7. The van der Waals surface area contributed by atoms with Gasteiger partial charge in [0.25, 0.3) is 0 Å². The van der Waals surface area contributed by atoms with Crippen molar-refractivity contribution in [1.29, 1.82) is 0 Å². The van der Waals surface area contributed by atoms with E-state index >= 15 is 0 Å². The van der Waals surface area contributed by atoms with Gasteiger partial charge in [-0.3, -0.25) is 14.3 Å². The number of amides is 1. The van der Waals surface area contributed by atoms with Crippen LogP contribution in [0.5, 0.6) is 0 Å². The molecule has 4 rings (SSSR count). The lowest BCUT2D eigenvalue weighted by Gasteiger charge is -2.20. The first-order valence-corrected chi connectivity index (χ1v) is 11.1. The van der Waals surface area contributed by atoms with E-state index in [1.807, 2.05) is 17.0 Å². The third-order valence-corrected chi connectivity index (χ3v) is 6.58. The Morgan fingerprint density at radius 2 is 1.79 bits per heavy atom. The third kappa shape index (κ3) is 4.29. The van der Waals surface area contributed by atoms with E-state index in [-0.39, 0.29) is 11.6 Å². The van der Waals surface area contributed by atoms with Gasteiger partial charge in [0.2, 0.25) is 5.91 Å². The first-order valence-electron chi connectivity index (χ1n) is 10.1. The van der Waals surface area contributed by atoms with Crippen molar-refractivity contribution in [2.45, 2.75) is 56.5 Å². The van der Waals surface area contributed by atoms with Gasteiger partial charge in [0.05, 0.1) is 12.3 Å². The Kier molecular flexibility index (Phi) is 6.10. The van der Waals surface area contributed by atoms with Gasteiger partial charge in [-0.25, -0.2) is 4.79 Å². The second kappa shape index (κ2) is 8.90. The summed E-state index contributed by atoms with van der Waals surface area (Å²) in [6.07, 6.45) is 10.9. The van der Waals surface area contributed by atoms with Crippen molar-refractivity contribution in [2.75, 3.05) is 18.8 Å². The fraction of sp³-hybridized carbons (Fsp3) is 0.524. The normalized spacial score (nSPS) is 16.6. The molecule has 0 saturated carbocycles. The van der Waals surface area contributed by atoms with Gasteiger partial charge >= 0.3 is 5.69 Å². The van der Waals surface area contributed by atoms with E-state index in [9.17, 15) is 9.59 Å². The Morgan fingerprint density at radius 3 is 2.54 bits per heavy atom. The zero-order valence-electron chi connectivity index (χ0n) is 16.1. The van der Waals surface area contributed by atoms with Crippen LogP contribution in [-0.4, -0.2) is 44.2 Å². The maximum Gasteiger partial charge on any atom is 0.349 e. The number of rotatable bonds is 5. The number of nitrogens with zero attached hydrogens (tertiary/aromatic N) is 4. The Bertz CT molecular complexity index is 889. The molecular formula is C21H26N4O2S. The molecule has 1 amide bonds. The lowest BCUT2D eigenvalue weighted by Crippen LogP contribution is -2.33. The van der Waals surface area contributed by atoms with Gasteiger partial charge < -0.3 is 4.90 Å². The highest BCUT2D eigenvalue weighted by atomic mass is 32.2. The molecule has 1 aliphatic heterocycles. The monoisotopic (exact) mass is 398 g/mol. The molecule has 1 fully saturated rings. The van der Waals surface area contributed by atoms with Crippen molar-refractivity contribution in [3.8, 4) is 0 Å². The summed E-state index contributed by atoms with van der Waals surface area (Å²) in [6, 6.07) is 3.85. The van der Waals surface area contributed by atoms with Crippen LogP contribution >= 0.6 is 11.8 Å². The molecule has 2 aromatic heterocycles. The molecule has 0 N–H and O–H groups in total. The zero-order chi connectivity index (χ0) is 19.3. The van der Waals surface area contributed by atoms with Crippen molar-refractivity contribution >= 4 is 17.7 Å². The van der Waals surface area contributed by atoms with Gasteiger partial charge in [-0.2, -0.15) is 4.98 Å². The molecular weight excluding hydrogens is 372 g/mol. The van der Waals surface area contributed by atoms with Crippen molar-refractivity contribution < 1.29 is 4.79 Å². The number of pyridine rings is 1. The first kappa shape index (κ1) is 19.2. The molecule has 2 aromatic rings. The lowest BCUT2D eigenvalue weighted by molar-refractivity contribution is -0.128. The van der Waals surface area contributed by atoms with E-state index in [1.165, 1.54) is 24.6 Å². The molecule has 28 heavy (non-hydrogen) atoms. The molecule has 6 nitrogen and oxygen atoms in total. The minimum absolute atomic E-state index is 0.168. The molecule has 0 unspecified atom stereocenters. The lowest BCUT2D eigenvalue weighted by atomic mass is 10.2. The number of aromatic nitrogens is 3. The molecule has 3 heterocycles. The topological polar surface area (TPSA) is 68.1 Å². The summed E-state index contributed by atoms with van der Waals surface area (Å²) < 4.78 is 1.79. The van der Waals surface area contributed by atoms with E-state index in [1.54, 1.807) is 17.0 Å². The van der Waals surface area contributed by atoms with E-state index in [2.05, 4.69) is 9.97 Å². The zero-order valence-corrected chi connectivity index (χ0v) is 16.9. The van der Waals surface area contributed by atoms with Gasteiger partial charge in [0, 0.05) is 36.7 Å². The third-order valence-electron chi connectivity index (χ3n) is 5.58. The average molecular weight is 399 g/mol. The van der Waals surface area contributed by atoms with Crippen LogP contribution in [0.4, 0.5) is 0 Å². The standard InChI is InChI=1S/C21H26N4O2S/c26-19(24-12-3-1-2-4-13-24)15-28-20-17-6-5-7-18(17)25(21(27)23-20)14-16-8-10-22-11-9-16/h8-11H,1-7,12-15H2. The number of fused-ring (bicyclic) bond motifs is 1. The van der Waals surface area contributed by atoms with E-state index in [0.29, 0.717) is 12.3 Å². The van der Waals surface area contributed by atoms with Crippen LogP contribution in [0.3, 0.4) is 0 Å². The number of carbonyl (C=O) groups excluding carboxylic acids is 1. The molecule has 7 heteroatoms. The molecule has 2 aliphatic rings. The van der Waals surface area contributed by atoms with Crippen LogP contribution in [0.2, 0.25) is 0 Å². The fourth-order valence-corrected chi connectivity index (χ4v) is 5.06. The summed E-state index contributed by atoms with van der Waals surface area (Å²) in [5.41, 5.74) is 3.07. The van der Waals surface area contributed by atoms with Crippen LogP contribution in [0.15, 0.2) is 34.3 Å².